The average Bonchev–Trinajstić information content (AvgIpc) is 2.51. The average molecular weight is 376 g/mol. The molecule has 0 amide bonds. The molecule has 0 atom stereocenters. The molecule has 0 saturated carbocycles. The van der Waals surface area contributed by atoms with Gasteiger partial charge >= 0.3 is 0 Å². The lowest BCUT2D eigenvalue weighted by molar-refractivity contribution is -0.733. The first kappa shape index (κ1) is 21.7. The van der Waals surface area contributed by atoms with E-state index in [-0.39, 0.29) is 24.8 Å². The Kier molecular flexibility index (Phi) is 11.4. The number of pyridine rings is 1. The maximum Gasteiger partial charge on any atom is 0.254 e. The zero-order valence-corrected chi connectivity index (χ0v) is 15.1. The molecule has 1 aliphatic heterocycles. The second-order valence-electron chi connectivity index (χ2n) is 4.32. The minimum atomic E-state index is 0. The highest BCUT2D eigenvalue weighted by atomic mass is 35.5. The molecule has 23 heavy (non-hydrogen) atoms. The number of hydrogen-bond donors (Lipinski definition) is 0. The van der Waals surface area contributed by atoms with Crippen LogP contribution >= 0.6 is 24.2 Å². The van der Waals surface area contributed by atoms with E-state index in [1.165, 1.54) is 11.1 Å². The fourth-order valence-electron chi connectivity index (χ4n) is 1.75. The molecule has 2 heterocycles. The molecule has 0 N–H and O–H groups in total. The van der Waals surface area contributed by atoms with E-state index in [2.05, 4.69) is 24.2 Å². The topological polar surface area (TPSA) is 45.8 Å². The van der Waals surface area contributed by atoms with Gasteiger partial charge in [-0.3, -0.25) is 0 Å². The summed E-state index contributed by atoms with van der Waals surface area (Å²) < 4.78 is 7.61. The van der Waals surface area contributed by atoms with Gasteiger partial charge in [-0.25, -0.2) is 0 Å². The number of allylic oxidation sites excluding steroid dienone is 3. The molecule has 2 rings (SSSR count). The zero-order chi connectivity index (χ0) is 14.9. The molecule has 0 unspecified atom stereocenters. The van der Waals surface area contributed by atoms with Crippen LogP contribution in [-0.4, -0.2) is 17.4 Å². The predicted octanol–water partition coefficient (Wildman–Crippen LogP) is 0.437. The van der Waals surface area contributed by atoms with Crippen molar-refractivity contribution in [2.24, 2.45) is 5.18 Å². The number of halogens is 2. The van der Waals surface area contributed by atoms with E-state index in [4.69, 9.17) is 4.74 Å². The van der Waals surface area contributed by atoms with Crippen molar-refractivity contribution in [3.8, 4) is 0 Å². The first-order valence-corrected chi connectivity index (χ1v) is 7.65. The Bertz CT molecular complexity index is 546. The van der Waals surface area contributed by atoms with Crippen LogP contribution in [0, 0.1) is 4.91 Å². The molecule has 0 spiro atoms. The van der Waals surface area contributed by atoms with Crippen molar-refractivity contribution in [1.82, 2.24) is 4.90 Å². The summed E-state index contributed by atoms with van der Waals surface area (Å²) in [7, 11) is 0. The van der Waals surface area contributed by atoms with Gasteiger partial charge in [0, 0.05) is 29.4 Å². The van der Waals surface area contributed by atoms with Crippen LogP contribution in [0.2, 0.25) is 0 Å². The molecule has 0 aromatic carbocycles. The number of hydrogen-bond acceptors (Lipinski definition) is 5. The first-order chi connectivity index (χ1) is 10.3. The van der Waals surface area contributed by atoms with Crippen molar-refractivity contribution in [3.05, 3.63) is 65.8 Å². The lowest BCUT2D eigenvalue weighted by Crippen LogP contribution is -3.00. The third-order valence-electron chi connectivity index (χ3n) is 2.77. The number of rotatable bonds is 7. The first-order valence-electron chi connectivity index (χ1n) is 6.66. The van der Waals surface area contributed by atoms with Crippen molar-refractivity contribution >= 4 is 24.2 Å². The molecule has 1 aromatic rings. The minimum absolute atomic E-state index is 0. The Balaban J connectivity index is 0.00000242. The van der Waals surface area contributed by atoms with Crippen molar-refractivity contribution in [2.75, 3.05) is 12.5 Å². The van der Waals surface area contributed by atoms with Gasteiger partial charge < -0.3 is 22.0 Å². The van der Waals surface area contributed by atoms with Crippen LogP contribution in [0.15, 0.2) is 70.9 Å². The van der Waals surface area contributed by atoms with Crippen LogP contribution in [0.1, 0.15) is 6.92 Å². The zero-order valence-electron chi connectivity index (χ0n) is 12.7. The molecule has 1 aliphatic rings. The van der Waals surface area contributed by atoms with E-state index in [9.17, 15) is 4.91 Å². The summed E-state index contributed by atoms with van der Waals surface area (Å²) >= 11 is 1.82. The van der Waals surface area contributed by atoms with Gasteiger partial charge in [0.15, 0.2) is 12.4 Å². The van der Waals surface area contributed by atoms with E-state index < -0.39 is 0 Å². The molecule has 0 radical (unpaired) electrons. The summed E-state index contributed by atoms with van der Waals surface area (Å²) in [6.07, 6.45) is 12.6. The lowest BCUT2D eigenvalue weighted by Gasteiger charge is -2.17. The largest absolute Gasteiger partial charge is 1.00 e. The monoisotopic (exact) mass is 375 g/mol. The standard InChI is InChI=1S/C15H18N3O2S.2ClH/c1-2-21-15-5-9-18(10-6-15)13-20-12-17-7-3-14(4-8-17)11-16-19;;/h3-11H,2,12-13H2,1H3;2*1H/q+1;;/p-1. The van der Waals surface area contributed by atoms with Gasteiger partial charge in [0.05, 0.1) is 6.20 Å². The van der Waals surface area contributed by atoms with E-state index in [1.54, 1.807) is 0 Å². The Hall–Kier alpha value is -1.34. The molecule has 126 valence electrons. The Morgan fingerprint density at radius 3 is 2.52 bits per heavy atom. The molecular formula is C15H19Cl2N3O2S. The van der Waals surface area contributed by atoms with Crippen LogP contribution in [-0.2, 0) is 11.5 Å². The van der Waals surface area contributed by atoms with Crippen LogP contribution in [0.3, 0.4) is 0 Å². The van der Waals surface area contributed by atoms with Gasteiger partial charge in [-0.05, 0) is 28.7 Å². The summed E-state index contributed by atoms with van der Waals surface area (Å²) in [6.45, 7) is 3.08. The molecule has 0 fully saturated rings. The van der Waals surface area contributed by atoms with Crippen molar-refractivity contribution in [2.45, 2.75) is 18.6 Å². The van der Waals surface area contributed by atoms with Gasteiger partial charge in [0.2, 0.25) is 0 Å². The second kappa shape index (κ2) is 12.1. The van der Waals surface area contributed by atoms with E-state index in [0.29, 0.717) is 13.5 Å². The summed E-state index contributed by atoms with van der Waals surface area (Å²) in [6, 6.07) is 4.17. The smallest absolute Gasteiger partial charge is 0.254 e. The number of thioether (sulfide) groups is 1. The Morgan fingerprint density at radius 1 is 1.30 bits per heavy atom. The SMILES string of the molecule is CCSc1cc[n+](COCN2C=CC(=CN=O)C=C2)cc1.Cl.[Cl-]. The molecule has 0 bridgehead atoms. The highest BCUT2D eigenvalue weighted by molar-refractivity contribution is 7.99. The highest BCUT2D eigenvalue weighted by Crippen LogP contribution is 2.14. The molecule has 1 aromatic heterocycles. The van der Waals surface area contributed by atoms with Gasteiger partial charge in [-0.2, -0.15) is 4.57 Å². The molecule has 0 saturated heterocycles. The summed E-state index contributed by atoms with van der Waals surface area (Å²) in [4.78, 5) is 13.3. The number of nitroso groups, excluding NO2 is 1. The van der Waals surface area contributed by atoms with Gasteiger partial charge in [0.25, 0.3) is 6.73 Å². The summed E-state index contributed by atoms with van der Waals surface area (Å²) in [5.41, 5.74) is 0.777. The second-order valence-corrected chi connectivity index (χ2v) is 5.66. The van der Waals surface area contributed by atoms with E-state index >= 15 is 0 Å². The Labute approximate surface area is 152 Å². The van der Waals surface area contributed by atoms with Crippen molar-refractivity contribution in [3.63, 3.8) is 0 Å². The molecule has 5 nitrogen and oxygen atoms in total. The van der Waals surface area contributed by atoms with Crippen LogP contribution < -0.4 is 17.0 Å². The maximum absolute atomic E-state index is 10.1. The normalized spacial score (nSPS) is 12.4. The van der Waals surface area contributed by atoms with Crippen LogP contribution in [0.5, 0.6) is 0 Å². The van der Waals surface area contributed by atoms with Gasteiger partial charge in [0.1, 0.15) is 6.73 Å². The van der Waals surface area contributed by atoms with Crippen LogP contribution in [0.4, 0.5) is 0 Å². The van der Waals surface area contributed by atoms with Crippen molar-refractivity contribution < 1.29 is 21.7 Å². The fourth-order valence-corrected chi connectivity index (χ4v) is 2.39. The highest BCUT2D eigenvalue weighted by Gasteiger charge is 2.04. The number of ether oxygens (including phenoxy) is 1. The Morgan fingerprint density at radius 2 is 1.96 bits per heavy atom. The van der Waals surface area contributed by atoms with Crippen molar-refractivity contribution in [1.29, 1.82) is 0 Å². The minimum Gasteiger partial charge on any atom is -1.00 e. The maximum atomic E-state index is 10.1. The predicted molar refractivity (Wildman–Crippen MR) is 90.2 cm³/mol. The van der Waals surface area contributed by atoms with E-state index in [1.807, 2.05) is 58.2 Å². The van der Waals surface area contributed by atoms with Gasteiger partial charge in [-0.15, -0.1) is 29.1 Å². The fraction of sp³-hybridized carbons (Fsp3) is 0.267. The van der Waals surface area contributed by atoms with Gasteiger partial charge in [-0.1, -0.05) is 6.92 Å². The molecular weight excluding hydrogens is 357 g/mol. The number of nitrogens with zero attached hydrogens (tertiary/aromatic N) is 3. The summed E-state index contributed by atoms with van der Waals surface area (Å²) in [5.74, 6) is 1.07. The third kappa shape index (κ3) is 7.65. The van der Waals surface area contributed by atoms with E-state index in [0.717, 1.165) is 11.3 Å². The quantitative estimate of drug-likeness (QED) is 0.394. The van der Waals surface area contributed by atoms with Crippen LogP contribution in [0.25, 0.3) is 0 Å². The molecule has 0 aliphatic carbocycles. The molecule has 8 heteroatoms. The third-order valence-corrected chi connectivity index (χ3v) is 3.67. The lowest BCUT2D eigenvalue weighted by atomic mass is 10.2. The number of aromatic nitrogens is 1. The summed E-state index contributed by atoms with van der Waals surface area (Å²) in [5, 5.41) is 2.74.